The highest BCUT2D eigenvalue weighted by atomic mass is 15.1. The first-order chi connectivity index (χ1) is 7.83. The van der Waals surface area contributed by atoms with Gasteiger partial charge in [0.05, 0.1) is 0 Å². The third-order valence-electron chi connectivity index (χ3n) is 4.14. The molecule has 1 atom stereocenters. The van der Waals surface area contributed by atoms with Crippen LogP contribution in [0.4, 0.5) is 0 Å². The Morgan fingerprint density at radius 2 is 1.88 bits per heavy atom. The molecule has 0 radical (unpaired) electrons. The van der Waals surface area contributed by atoms with E-state index in [9.17, 15) is 0 Å². The van der Waals surface area contributed by atoms with Crippen LogP contribution >= 0.6 is 0 Å². The van der Waals surface area contributed by atoms with Crippen molar-refractivity contribution in [3.8, 4) is 0 Å². The molecule has 0 amide bonds. The Kier molecular flexibility index (Phi) is 5.46. The Labute approximate surface area is 108 Å². The minimum atomic E-state index is 0.487. The van der Waals surface area contributed by atoms with E-state index in [-0.39, 0.29) is 0 Å². The highest BCUT2D eigenvalue weighted by Gasteiger charge is 2.33. The predicted octanol–water partition coefficient (Wildman–Crippen LogP) is 3.13. The van der Waals surface area contributed by atoms with Gasteiger partial charge < -0.3 is 10.2 Å². The van der Waals surface area contributed by atoms with E-state index in [1.54, 1.807) is 0 Å². The maximum absolute atomic E-state index is 3.67. The van der Waals surface area contributed by atoms with Crippen molar-refractivity contribution in [2.45, 2.75) is 66.5 Å². The van der Waals surface area contributed by atoms with E-state index in [2.05, 4.69) is 51.8 Å². The van der Waals surface area contributed by atoms with Crippen LogP contribution in [0.25, 0.3) is 0 Å². The first-order valence-corrected chi connectivity index (χ1v) is 7.30. The molecule has 1 unspecified atom stereocenters. The number of hydrogen-bond donors (Lipinski definition) is 1. The largest absolute Gasteiger partial charge is 0.313 e. The average Bonchev–Trinajstić information content (AvgIpc) is 2.51. The second-order valence-corrected chi connectivity index (χ2v) is 7.02. The van der Waals surface area contributed by atoms with E-state index in [1.165, 1.54) is 32.5 Å². The standard InChI is InChI=1S/C15H32N2/c1-12(2)11-17(13(3)4)10-7-14-15(5,6)8-9-16-14/h12-14,16H,7-11H2,1-6H3. The van der Waals surface area contributed by atoms with E-state index < -0.39 is 0 Å². The zero-order chi connectivity index (χ0) is 13.1. The Morgan fingerprint density at radius 1 is 1.24 bits per heavy atom. The molecule has 0 aromatic heterocycles. The molecule has 0 aliphatic carbocycles. The molecule has 0 aromatic rings. The van der Waals surface area contributed by atoms with Gasteiger partial charge >= 0.3 is 0 Å². The summed E-state index contributed by atoms with van der Waals surface area (Å²) in [6.45, 7) is 17.7. The molecule has 0 aromatic carbocycles. The van der Waals surface area contributed by atoms with Gasteiger partial charge in [-0.15, -0.1) is 0 Å². The molecular weight excluding hydrogens is 208 g/mol. The minimum Gasteiger partial charge on any atom is -0.313 e. The summed E-state index contributed by atoms with van der Waals surface area (Å²) in [5.74, 6) is 0.766. The molecule has 1 rings (SSSR count). The van der Waals surface area contributed by atoms with Gasteiger partial charge in [-0.2, -0.15) is 0 Å². The first-order valence-electron chi connectivity index (χ1n) is 7.30. The summed E-state index contributed by atoms with van der Waals surface area (Å²) in [6, 6.07) is 1.37. The van der Waals surface area contributed by atoms with Crippen molar-refractivity contribution in [2.75, 3.05) is 19.6 Å². The fourth-order valence-corrected chi connectivity index (χ4v) is 2.84. The van der Waals surface area contributed by atoms with Gasteiger partial charge in [-0.05, 0) is 51.1 Å². The zero-order valence-electron chi connectivity index (χ0n) is 12.7. The van der Waals surface area contributed by atoms with Gasteiger partial charge in [0.15, 0.2) is 0 Å². The molecule has 2 heteroatoms. The Bertz CT molecular complexity index is 221. The van der Waals surface area contributed by atoms with Gasteiger partial charge in [0.1, 0.15) is 0 Å². The summed E-state index contributed by atoms with van der Waals surface area (Å²) < 4.78 is 0. The predicted molar refractivity (Wildman–Crippen MR) is 76.4 cm³/mol. The van der Waals surface area contributed by atoms with Crippen LogP contribution in [0.3, 0.4) is 0 Å². The lowest BCUT2D eigenvalue weighted by Gasteiger charge is -2.32. The number of rotatable bonds is 6. The molecule has 0 spiro atoms. The number of hydrogen-bond acceptors (Lipinski definition) is 2. The molecule has 1 N–H and O–H groups in total. The Balaban J connectivity index is 2.41. The van der Waals surface area contributed by atoms with Crippen molar-refractivity contribution >= 4 is 0 Å². The van der Waals surface area contributed by atoms with Crippen molar-refractivity contribution in [2.24, 2.45) is 11.3 Å². The zero-order valence-corrected chi connectivity index (χ0v) is 12.7. The number of nitrogens with one attached hydrogen (secondary N) is 1. The topological polar surface area (TPSA) is 15.3 Å². The second kappa shape index (κ2) is 6.19. The van der Waals surface area contributed by atoms with Crippen molar-refractivity contribution in [3.63, 3.8) is 0 Å². The lowest BCUT2D eigenvalue weighted by molar-refractivity contribution is 0.174. The molecule has 2 nitrogen and oxygen atoms in total. The third-order valence-corrected chi connectivity index (χ3v) is 4.14. The quantitative estimate of drug-likeness (QED) is 0.767. The summed E-state index contributed by atoms with van der Waals surface area (Å²) >= 11 is 0. The second-order valence-electron chi connectivity index (χ2n) is 7.02. The summed E-state index contributed by atoms with van der Waals surface area (Å²) in [6.07, 6.45) is 2.61. The van der Waals surface area contributed by atoms with E-state index in [1.807, 2.05) is 0 Å². The van der Waals surface area contributed by atoms with E-state index in [4.69, 9.17) is 0 Å². The summed E-state index contributed by atoms with van der Waals surface area (Å²) in [4.78, 5) is 2.63. The molecule has 0 bridgehead atoms. The fraction of sp³-hybridized carbons (Fsp3) is 1.00. The normalized spacial score (nSPS) is 24.2. The number of nitrogens with zero attached hydrogens (tertiary/aromatic N) is 1. The molecule has 102 valence electrons. The van der Waals surface area contributed by atoms with Gasteiger partial charge in [-0.3, -0.25) is 0 Å². The van der Waals surface area contributed by atoms with Gasteiger partial charge in [-0.1, -0.05) is 27.7 Å². The van der Waals surface area contributed by atoms with Gasteiger partial charge in [-0.25, -0.2) is 0 Å². The molecule has 0 saturated carbocycles. The van der Waals surface area contributed by atoms with Crippen LogP contribution in [0.2, 0.25) is 0 Å². The van der Waals surface area contributed by atoms with Gasteiger partial charge in [0.25, 0.3) is 0 Å². The van der Waals surface area contributed by atoms with Crippen LogP contribution in [0.15, 0.2) is 0 Å². The third kappa shape index (κ3) is 4.59. The van der Waals surface area contributed by atoms with Crippen LogP contribution in [0.1, 0.15) is 54.4 Å². The van der Waals surface area contributed by atoms with Gasteiger partial charge in [0.2, 0.25) is 0 Å². The van der Waals surface area contributed by atoms with Crippen molar-refractivity contribution in [1.82, 2.24) is 10.2 Å². The van der Waals surface area contributed by atoms with Crippen molar-refractivity contribution in [3.05, 3.63) is 0 Å². The highest BCUT2D eigenvalue weighted by Crippen LogP contribution is 2.31. The van der Waals surface area contributed by atoms with E-state index >= 15 is 0 Å². The molecule has 1 fully saturated rings. The fourth-order valence-electron chi connectivity index (χ4n) is 2.84. The maximum Gasteiger partial charge on any atom is 0.0131 e. The smallest absolute Gasteiger partial charge is 0.0131 e. The highest BCUT2D eigenvalue weighted by molar-refractivity contribution is 4.91. The molecule has 1 saturated heterocycles. The Morgan fingerprint density at radius 3 is 2.29 bits per heavy atom. The van der Waals surface area contributed by atoms with Crippen LogP contribution in [-0.2, 0) is 0 Å². The molecule has 1 heterocycles. The lowest BCUT2D eigenvalue weighted by Crippen LogP contribution is -2.40. The molecule has 1 aliphatic heterocycles. The van der Waals surface area contributed by atoms with Crippen LogP contribution < -0.4 is 5.32 Å². The molecule has 1 aliphatic rings. The van der Waals surface area contributed by atoms with Crippen molar-refractivity contribution in [1.29, 1.82) is 0 Å². The summed E-state index contributed by atoms with van der Waals surface area (Å²) in [7, 11) is 0. The minimum absolute atomic E-state index is 0.487. The Hall–Kier alpha value is -0.0800. The lowest BCUT2D eigenvalue weighted by atomic mass is 9.83. The SMILES string of the molecule is CC(C)CN(CCC1NCCC1(C)C)C(C)C. The van der Waals surface area contributed by atoms with Crippen LogP contribution in [-0.4, -0.2) is 36.6 Å². The average molecular weight is 240 g/mol. The van der Waals surface area contributed by atoms with E-state index in [0.717, 1.165) is 5.92 Å². The van der Waals surface area contributed by atoms with Gasteiger partial charge in [0, 0.05) is 18.6 Å². The summed E-state index contributed by atoms with van der Waals surface area (Å²) in [5.41, 5.74) is 0.487. The summed E-state index contributed by atoms with van der Waals surface area (Å²) in [5, 5.41) is 3.67. The van der Waals surface area contributed by atoms with Crippen molar-refractivity contribution < 1.29 is 0 Å². The van der Waals surface area contributed by atoms with Crippen LogP contribution in [0.5, 0.6) is 0 Å². The van der Waals surface area contributed by atoms with Crippen LogP contribution in [0, 0.1) is 11.3 Å². The first kappa shape index (κ1) is 15.0. The van der Waals surface area contributed by atoms with E-state index in [0.29, 0.717) is 17.5 Å². The molecule has 17 heavy (non-hydrogen) atoms. The molecular formula is C15H32N2. The monoisotopic (exact) mass is 240 g/mol. The maximum atomic E-state index is 3.67.